The van der Waals surface area contributed by atoms with Crippen molar-refractivity contribution in [2.75, 3.05) is 12.9 Å². The van der Waals surface area contributed by atoms with Gasteiger partial charge in [-0.1, -0.05) is 23.4 Å². The Morgan fingerprint density at radius 3 is 2.44 bits per heavy atom. The average molecular weight is 523 g/mol. The van der Waals surface area contributed by atoms with E-state index in [-0.39, 0.29) is 17.3 Å². The van der Waals surface area contributed by atoms with Crippen LogP contribution in [0.25, 0.3) is 17.1 Å². The molecule has 0 saturated carbocycles. The Hall–Kier alpha value is -4.22. The van der Waals surface area contributed by atoms with E-state index in [4.69, 9.17) is 16.3 Å². The van der Waals surface area contributed by atoms with E-state index in [0.29, 0.717) is 21.6 Å². The Bertz CT molecular complexity index is 1390. The number of hydrogen-bond donors (Lipinski definition) is 1. The lowest BCUT2D eigenvalue weighted by atomic mass is 10.2. The summed E-state index contributed by atoms with van der Waals surface area (Å²) in [7, 11) is 1.60. The van der Waals surface area contributed by atoms with Gasteiger partial charge < -0.3 is 4.74 Å². The molecular weight excluding hydrogens is 504 g/mol. The number of nitro groups is 1. The lowest BCUT2D eigenvalue weighted by molar-refractivity contribution is -0.384. The molecule has 1 aromatic heterocycles. The molecule has 1 N–H and O–H groups in total. The van der Waals surface area contributed by atoms with Gasteiger partial charge in [-0.2, -0.15) is 5.10 Å². The lowest BCUT2D eigenvalue weighted by Crippen LogP contribution is -2.20. The second-order valence-corrected chi connectivity index (χ2v) is 8.66. The third-order valence-electron chi connectivity index (χ3n) is 4.91. The minimum atomic E-state index is -0.483. The normalized spacial score (nSPS) is 10.9. The molecule has 36 heavy (non-hydrogen) atoms. The predicted molar refractivity (Wildman–Crippen MR) is 138 cm³/mol. The number of carbonyl (C=O) groups is 1. The zero-order chi connectivity index (χ0) is 25.5. The minimum Gasteiger partial charge on any atom is -0.497 e. The highest BCUT2D eigenvalue weighted by molar-refractivity contribution is 7.99. The second-order valence-electron chi connectivity index (χ2n) is 7.28. The van der Waals surface area contributed by atoms with Crippen LogP contribution in [0.3, 0.4) is 0 Å². The number of thioether (sulfide) groups is 1. The van der Waals surface area contributed by atoms with Gasteiger partial charge >= 0.3 is 0 Å². The number of nitrogens with zero attached hydrogens (tertiary/aromatic N) is 5. The van der Waals surface area contributed by atoms with E-state index in [1.54, 1.807) is 19.2 Å². The van der Waals surface area contributed by atoms with Crippen molar-refractivity contribution in [3.63, 3.8) is 0 Å². The van der Waals surface area contributed by atoms with Crippen LogP contribution in [0.5, 0.6) is 5.75 Å². The van der Waals surface area contributed by atoms with Crippen LogP contribution in [0.2, 0.25) is 5.02 Å². The fourth-order valence-corrected chi connectivity index (χ4v) is 4.01. The summed E-state index contributed by atoms with van der Waals surface area (Å²) in [5.41, 5.74) is 4.64. The van der Waals surface area contributed by atoms with Crippen LogP contribution < -0.4 is 10.2 Å². The van der Waals surface area contributed by atoms with Gasteiger partial charge in [0, 0.05) is 28.4 Å². The smallest absolute Gasteiger partial charge is 0.269 e. The number of amides is 1. The van der Waals surface area contributed by atoms with Crippen molar-refractivity contribution in [3.8, 4) is 22.8 Å². The molecule has 0 aliphatic carbocycles. The Labute approximate surface area is 215 Å². The maximum Gasteiger partial charge on any atom is 0.269 e. The van der Waals surface area contributed by atoms with Crippen molar-refractivity contribution in [3.05, 3.63) is 93.5 Å². The van der Waals surface area contributed by atoms with Crippen molar-refractivity contribution < 1.29 is 14.5 Å². The maximum atomic E-state index is 12.4. The highest BCUT2D eigenvalue weighted by atomic mass is 35.5. The van der Waals surface area contributed by atoms with Crippen LogP contribution in [0.1, 0.15) is 5.56 Å². The number of halogens is 1. The number of aromatic nitrogens is 3. The first-order valence-electron chi connectivity index (χ1n) is 10.5. The van der Waals surface area contributed by atoms with E-state index in [1.807, 2.05) is 41.0 Å². The number of carbonyl (C=O) groups excluding carboxylic acids is 1. The third-order valence-corrected chi connectivity index (χ3v) is 6.09. The summed E-state index contributed by atoms with van der Waals surface area (Å²) in [5, 5.41) is 24.4. The number of ether oxygens (including phenoxy) is 1. The Kier molecular flexibility index (Phi) is 7.93. The topological polar surface area (TPSA) is 125 Å². The van der Waals surface area contributed by atoms with Gasteiger partial charge in [-0.15, -0.1) is 10.2 Å². The first kappa shape index (κ1) is 24.9. The lowest BCUT2D eigenvalue weighted by Gasteiger charge is -2.11. The van der Waals surface area contributed by atoms with Crippen molar-refractivity contribution in [1.82, 2.24) is 20.2 Å². The zero-order valence-corrected chi connectivity index (χ0v) is 20.4. The molecule has 0 aliphatic rings. The summed E-state index contributed by atoms with van der Waals surface area (Å²) in [4.78, 5) is 22.6. The number of nitrogens with one attached hydrogen (secondary N) is 1. The van der Waals surface area contributed by atoms with Gasteiger partial charge in [0.2, 0.25) is 0 Å². The molecule has 0 spiro atoms. The quantitative estimate of drug-likeness (QED) is 0.145. The Balaban J connectivity index is 1.48. The molecule has 3 aromatic carbocycles. The summed E-state index contributed by atoms with van der Waals surface area (Å²) < 4.78 is 7.08. The highest BCUT2D eigenvalue weighted by Gasteiger charge is 2.17. The van der Waals surface area contributed by atoms with Crippen molar-refractivity contribution in [2.24, 2.45) is 5.10 Å². The molecular formula is C24H19ClN6O4S. The van der Waals surface area contributed by atoms with E-state index in [1.165, 1.54) is 42.2 Å². The van der Waals surface area contributed by atoms with Gasteiger partial charge in [0.15, 0.2) is 11.0 Å². The summed E-state index contributed by atoms with van der Waals surface area (Å²) in [6.07, 6.45) is 1.41. The van der Waals surface area contributed by atoms with Gasteiger partial charge in [0.1, 0.15) is 5.75 Å². The van der Waals surface area contributed by atoms with Crippen molar-refractivity contribution in [2.45, 2.75) is 5.16 Å². The molecule has 0 fully saturated rings. The second kappa shape index (κ2) is 11.5. The van der Waals surface area contributed by atoms with Crippen LogP contribution in [0.15, 0.2) is 83.1 Å². The molecule has 4 rings (SSSR count). The van der Waals surface area contributed by atoms with E-state index in [2.05, 4.69) is 20.7 Å². The molecule has 12 heteroatoms. The monoisotopic (exact) mass is 522 g/mol. The van der Waals surface area contributed by atoms with Gasteiger partial charge in [-0.25, -0.2) is 5.43 Å². The number of non-ortho nitro benzene ring substituents is 1. The summed E-state index contributed by atoms with van der Waals surface area (Å²) >= 11 is 7.26. The molecule has 0 aliphatic heterocycles. The molecule has 4 aromatic rings. The van der Waals surface area contributed by atoms with Gasteiger partial charge in [0.25, 0.3) is 11.6 Å². The van der Waals surface area contributed by atoms with Crippen molar-refractivity contribution >= 4 is 41.2 Å². The standard InChI is InChI=1S/C24H19ClN6O4S/c1-35-21-12-4-17(5-13-21)23-28-29-24(30(23)19-10-6-18(25)7-11-19)36-15-22(32)27-26-14-16-2-8-20(9-3-16)31(33)34/h2-14H,15H2,1H3,(H,27,32). The predicted octanol–water partition coefficient (Wildman–Crippen LogP) is 4.75. The summed E-state index contributed by atoms with van der Waals surface area (Å²) in [5.74, 6) is 0.997. The van der Waals surface area contributed by atoms with E-state index < -0.39 is 4.92 Å². The first-order valence-corrected chi connectivity index (χ1v) is 11.9. The average Bonchev–Trinajstić information content (AvgIpc) is 3.32. The molecule has 10 nitrogen and oxygen atoms in total. The molecule has 0 atom stereocenters. The van der Waals surface area contributed by atoms with Crippen molar-refractivity contribution in [1.29, 1.82) is 0 Å². The number of nitro benzene ring substituents is 1. The van der Waals surface area contributed by atoms with Crippen LogP contribution in [0.4, 0.5) is 5.69 Å². The number of benzene rings is 3. The third kappa shape index (κ3) is 6.06. The number of hydrogen-bond acceptors (Lipinski definition) is 8. The van der Waals surface area contributed by atoms with Gasteiger partial charge in [0.05, 0.1) is 24.0 Å². The minimum absolute atomic E-state index is 0.0219. The van der Waals surface area contributed by atoms with Gasteiger partial charge in [-0.05, 0) is 66.2 Å². The number of hydrazone groups is 1. The Morgan fingerprint density at radius 1 is 1.11 bits per heavy atom. The van der Waals surface area contributed by atoms with Crippen LogP contribution in [-0.4, -0.2) is 44.7 Å². The van der Waals surface area contributed by atoms with E-state index in [9.17, 15) is 14.9 Å². The summed E-state index contributed by atoms with van der Waals surface area (Å²) in [6, 6.07) is 20.5. The van der Waals surface area contributed by atoms with E-state index >= 15 is 0 Å². The maximum absolute atomic E-state index is 12.4. The fraction of sp³-hybridized carbons (Fsp3) is 0.0833. The number of methoxy groups -OCH3 is 1. The Morgan fingerprint density at radius 2 is 1.81 bits per heavy atom. The zero-order valence-electron chi connectivity index (χ0n) is 18.9. The van der Waals surface area contributed by atoms with Crippen LogP contribution in [0, 0.1) is 10.1 Å². The molecule has 1 heterocycles. The van der Waals surface area contributed by atoms with E-state index in [0.717, 1.165) is 17.0 Å². The van der Waals surface area contributed by atoms with Crippen LogP contribution >= 0.6 is 23.4 Å². The molecule has 0 bridgehead atoms. The molecule has 0 unspecified atom stereocenters. The first-order chi connectivity index (χ1) is 17.4. The summed E-state index contributed by atoms with van der Waals surface area (Å²) in [6.45, 7) is 0. The highest BCUT2D eigenvalue weighted by Crippen LogP contribution is 2.29. The molecule has 1 amide bonds. The molecule has 182 valence electrons. The number of rotatable bonds is 9. The fourth-order valence-electron chi connectivity index (χ4n) is 3.14. The van der Waals surface area contributed by atoms with Gasteiger partial charge in [-0.3, -0.25) is 19.5 Å². The SMILES string of the molecule is COc1ccc(-c2nnc(SCC(=O)NN=Cc3ccc([N+](=O)[O-])cc3)n2-c2ccc(Cl)cc2)cc1. The molecule has 0 radical (unpaired) electrons. The largest absolute Gasteiger partial charge is 0.497 e. The van der Waals surface area contributed by atoms with Crippen LogP contribution in [-0.2, 0) is 4.79 Å². The molecule has 0 saturated heterocycles.